The fourth-order valence-corrected chi connectivity index (χ4v) is 5.63. The Kier molecular flexibility index (Phi) is 4.34. The van der Waals surface area contributed by atoms with E-state index in [4.69, 9.17) is 4.74 Å². The standard InChI is InChI=1S/C24H25NO4/c26-22(27)24-12-6-5-7-16(24)13-25(15-24)23(28)29-14-21-19-10-3-1-8-17(19)18-9-2-4-11-20(18)21/h1-4,8-11,16,21H,5-7,12-15H2,(H,26,27). The molecular weight excluding hydrogens is 366 g/mol. The smallest absolute Gasteiger partial charge is 0.409 e. The van der Waals surface area contributed by atoms with E-state index in [1.807, 2.05) is 24.3 Å². The molecule has 5 nitrogen and oxygen atoms in total. The lowest BCUT2D eigenvalue weighted by Crippen LogP contribution is -2.41. The lowest BCUT2D eigenvalue weighted by Gasteiger charge is -2.33. The number of benzene rings is 2. The first-order valence-electron chi connectivity index (χ1n) is 10.4. The van der Waals surface area contributed by atoms with Gasteiger partial charge in [0.1, 0.15) is 6.61 Å². The largest absolute Gasteiger partial charge is 0.481 e. The Bertz CT molecular complexity index is 925. The Morgan fingerprint density at radius 3 is 2.31 bits per heavy atom. The number of hydrogen-bond donors (Lipinski definition) is 1. The van der Waals surface area contributed by atoms with E-state index in [9.17, 15) is 14.7 Å². The van der Waals surface area contributed by atoms with E-state index >= 15 is 0 Å². The first-order valence-corrected chi connectivity index (χ1v) is 10.4. The molecule has 2 aliphatic carbocycles. The van der Waals surface area contributed by atoms with Gasteiger partial charge < -0.3 is 14.7 Å². The Hall–Kier alpha value is -2.82. The molecular formula is C24H25NO4. The summed E-state index contributed by atoms with van der Waals surface area (Å²) in [6.45, 7) is 1.03. The van der Waals surface area contributed by atoms with Gasteiger partial charge in [-0.05, 0) is 41.0 Å². The van der Waals surface area contributed by atoms with Crippen molar-refractivity contribution >= 4 is 12.1 Å². The van der Waals surface area contributed by atoms with Crippen LogP contribution in [0.1, 0.15) is 42.7 Å². The second kappa shape index (κ2) is 6.90. The normalized spacial score (nSPS) is 25.2. The monoisotopic (exact) mass is 391 g/mol. The van der Waals surface area contributed by atoms with Crippen LogP contribution in [0.4, 0.5) is 4.79 Å². The summed E-state index contributed by atoms with van der Waals surface area (Å²) in [5.74, 6) is -0.713. The highest BCUT2D eigenvalue weighted by atomic mass is 16.6. The summed E-state index contributed by atoms with van der Waals surface area (Å²) in [5, 5.41) is 9.84. The van der Waals surface area contributed by atoms with Crippen LogP contribution in [-0.2, 0) is 9.53 Å². The van der Waals surface area contributed by atoms with E-state index in [-0.39, 0.29) is 31.1 Å². The molecule has 1 amide bonds. The van der Waals surface area contributed by atoms with Crippen LogP contribution in [0.5, 0.6) is 0 Å². The molecule has 1 N–H and O–H groups in total. The zero-order valence-corrected chi connectivity index (χ0v) is 16.3. The Labute approximate surface area is 170 Å². The predicted octanol–water partition coefficient (Wildman–Crippen LogP) is 4.51. The molecule has 2 fully saturated rings. The first-order chi connectivity index (χ1) is 14.1. The van der Waals surface area contributed by atoms with Crippen LogP contribution in [0.3, 0.4) is 0 Å². The van der Waals surface area contributed by atoms with Gasteiger partial charge in [-0.25, -0.2) is 4.79 Å². The molecule has 0 bridgehead atoms. The third-order valence-electron chi connectivity index (χ3n) is 7.14. The average Bonchev–Trinajstić information content (AvgIpc) is 3.30. The number of ether oxygens (including phenoxy) is 1. The van der Waals surface area contributed by atoms with E-state index in [0.717, 1.165) is 19.3 Å². The van der Waals surface area contributed by atoms with Crippen LogP contribution in [0.25, 0.3) is 11.1 Å². The lowest BCUT2D eigenvalue weighted by atomic mass is 9.68. The zero-order chi connectivity index (χ0) is 20.0. The van der Waals surface area contributed by atoms with Gasteiger partial charge in [0.2, 0.25) is 0 Å². The number of likely N-dealkylation sites (tertiary alicyclic amines) is 1. The number of hydrogen-bond acceptors (Lipinski definition) is 3. The minimum atomic E-state index is -0.788. The third kappa shape index (κ3) is 2.83. The summed E-state index contributed by atoms with van der Waals surface area (Å²) in [7, 11) is 0. The highest BCUT2D eigenvalue weighted by molar-refractivity contribution is 5.80. The number of nitrogens with zero attached hydrogens (tertiary/aromatic N) is 1. The Morgan fingerprint density at radius 2 is 1.69 bits per heavy atom. The molecule has 29 heavy (non-hydrogen) atoms. The fourth-order valence-electron chi connectivity index (χ4n) is 5.63. The molecule has 5 heteroatoms. The SMILES string of the molecule is O=C(OCC1c2ccccc2-c2ccccc21)N1CC2CCCCC2(C(=O)O)C1. The maximum atomic E-state index is 12.8. The molecule has 1 saturated carbocycles. The summed E-state index contributed by atoms with van der Waals surface area (Å²) < 4.78 is 5.75. The van der Waals surface area contributed by atoms with Gasteiger partial charge in [-0.3, -0.25) is 4.79 Å². The van der Waals surface area contributed by atoms with Gasteiger partial charge in [-0.2, -0.15) is 0 Å². The molecule has 0 aromatic heterocycles. The van der Waals surface area contributed by atoms with Crippen LogP contribution < -0.4 is 0 Å². The molecule has 3 aliphatic rings. The molecule has 150 valence electrons. The van der Waals surface area contributed by atoms with Gasteiger partial charge in [0.15, 0.2) is 0 Å². The quantitative estimate of drug-likeness (QED) is 0.836. The third-order valence-corrected chi connectivity index (χ3v) is 7.14. The van der Waals surface area contributed by atoms with Crippen molar-refractivity contribution in [2.24, 2.45) is 11.3 Å². The molecule has 2 aromatic rings. The van der Waals surface area contributed by atoms with E-state index in [1.54, 1.807) is 4.90 Å². The van der Waals surface area contributed by atoms with Gasteiger partial charge in [0.05, 0.1) is 5.41 Å². The number of fused-ring (bicyclic) bond motifs is 4. The molecule has 0 radical (unpaired) electrons. The van der Waals surface area contributed by atoms with E-state index in [2.05, 4.69) is 24.3 Å². The summed E-state index contributed by atoms with van der Waals surface area (Å²) in [5.41, 5.74) is 3.96. The first kappa shape index (κ1) is 18.2. The lowest BCUT2D eigenvalue weighted by molar-refractivity contribution is -0.152. The van der Waals surface area contributed by atoms with E-state index in [1.165, 1.54) is 22.3 Å². The zero-order valence-electron chi connectivity index (χ0n) is 16.3. The van der Waals surface area contributed by atoms with Crippen LogP contribution in [0.15, 0.2) is 48.5 Å². The number of carboxylic acids is 1. The second-order valence-corrected chi connectivity index (χ2v) is 8.59. The molecule has 2 atom stereocenters. The van der Waals surface area contributed by atoms with Crippen molar-refractivity contribution in [1.29, 1.82) is 0 Å². The summed E-state index contributed by atoms with van der Waals surface area (Å²) in [6, 6.07) is 16.5. The molecule has 1 heterocycles. The maximum Gasteiger partial charge on any atom is 0.409 e. The molecule has 1 aliphatic heterocycles. The van der Waals surface area contributed by atoms with Gasteiger partial charge >= 0.3 is 12.1 Å². The molecule has 0 spiro atoms. The van der Waals surface area contributed by atoms with Gasteiger partial charge in [0.25, 0.3) is 0 Å². The van der Waals surface area contributed by atoms with E-state index in [0.29, 0.717) is 13.0 Å². The number of carbonyl (C=O) groups excluding carboxylic acids is 1. The Balaban J connectivity index is 1.32. The van der Waals surface area contributed by atoms with Crippen molar-refractivity contribution in [3.63, 3.8) is 0 Å². The minimum absolute atomic E-state index is 0.0182. The van der Waals surface area contributed by atoms with Crippen LogP contribution in [0, 0.1) is 11.3 Å². The van der Waals surface area contributed by atoms with Crippen molar-refractivity contribution in [2.75, 3.05) is 19.7 Å². The minimum Gasteiger partial charge on any atom is -0.481 e. The van der Waals surface area contributed by atoms with Gasteiger partial charge in [-0.15, -0.1) is 0 Å². The van der Waals surface area contributed by atoms with E-state index < -0.39 is 11.4 Å². The number of aliphatic carboxylic acids is 1. The van der Waals surface area contributed by atoms with Crippen molar-refractivity contribution in [3.8, 4) is 11.1 Å². The van der Waals surface area contributed by atoms with Crippen LogP contribution in [0.2, 0.25) is 0 Å². The predicted molar refractivity (Wildman–Crippen MR) is 109 cm³/mol. The second-order valence-electron chi connectivity index (χ2n) is 8.59. The van der Waals surface area contributed by atoms with Crippen molar-refractivity contribution in [3.05, 3.63) is 59.7 Å². The summed E-state index contributed by atoms with van der Waals surface area (Å²) in [4.78, 5) is 26.5. The average molecular weight is 391 g/mol. The van der Waals surface area contributed by atoms with Crippen LogP contribution in [-0.4, -0.2) is 41.8 Å². The summed E-state index contributed by atoms with van der Waals surface area (Å²) >= 11 is 0. The van der Waals surface area contributed by atoms with Crippen molar-refractivity contribution < 1.29 is 19.4 Å². The molecule has 2 unspecified atom stereocenters. The number of carbonyl (C=O) groups is 2. The topological polar surface area (TPSA) is 66.8 Å². The molecule has 5 rings (SSSR count). The number of amides is 1. The Morgan fingerprint density at radius 1 is 1.03 bits per heavy atom. The van der Waals surface area contributed by atoms with Gasteiger partial charge in [-0.1, -0.05) is 61.4 Å². The van der Waals surface area contributed by atoms with Crippen molar-refractivity contribution in [1.82, 2.24) is 4.90 Å². The maximum absolute atomic E-state index is 12.8. The van der Waals surface area contributed by atoms with Gasteiger partial charge in [0, 0.05) is 19.0 Å². The molecule has 1 saturated heterocycles. The van der Waals surface area contributed by atoms with Crippen LogP contribution >= 0.6 is 0 Å². The highest BCUT2D eigenvalue weighted by Gasteiger charge is 2.54. The number of rotatable bonds is 3. The highest BCUT2D eigenvalue weighted by Crippen LogP contribution is 2.48. The fraction of sp³-hybridized carbons (Fsp3) is 0.417. The molecule has 2 aromatic carbocycles. The number of carboxylic acid groups (broad SMARTS) is 1. The summed E-state index contributed by atoms with van der Waals surface area (Å²) in [6.07, 6.45) is 3.10. The van der Waals surface area contributed by atoms with Crippen molar-refractivity contribution in [2.45, 2.75) is 31.6 Å².